The number of phenolic OH excluding ortho intramolecular Hbond substituents is 1. The largest absolute Gasteiger partial charge is 0.508 e. The van der Waals surface area contributed by atoms with E-state index < -0.39 is 0 Å². The topological polar surface area (TPSA) is 38.7 Å². The standard InChI is InChI=1S/C15H16O3/c16-13-6-4-9-15(12-13)18-11-5-10-17-14-7-2-1-3-8-14/h1-4,6-9,12,16H,5,10-11H2. The Morgan fingerprint density at radius 3 is 2.17 bits per heavy atom. The molecule has 0 radical (unpaired) electrons. The zero-order valence-corrected chi connectivity index (χ0v) is 10.1. The molecule has 0 saturated heterocycles. The third-order valence-corrected chi connectivity index (χ3v) is 2.39. The molecular weight excluding hydrogens is 228 g/mol. The third kappa shape index (κ3) is 4.01. The molecule has 94 valence electrons. The fraction of sp³-hybridized carbons (Fsp3) is 0.200. The van der Waals surface area contributed by atoms with E-state index in [1.54, 1.807) is 18.2 Å². The van der Waals surface area contributed by atoms with E-state index in [1.165, 1.54) is 0 Å². The molecular formula is C15H16O3. The predicted octanol–water partition coefficient (Wildman–Crippen LogP) is 3.24. The molecule has 0 amide bonds. The lowest BCUT2D eigenvalue weighted by atomic mass is 10.3. The molecule has 3 nitrogen and oxygen atoms in total. The molecule has 2 rings (SSSR count). The summed E-state index contributed by atoms with van der Waals surface area (Å²) >= 11 is 0. The number of hydrogen-bond donors (Lipinski definition) is 1. The summed E-state index contributed by atoms with van der Waals surface area (Å²) in [6.45, 7) is 1.18. The summed E-state index contributed by atoms with van der Waals surface area (Å²) in [5.74, 6) is 1.76. The molecule has 0 heterocycles. The van der Waals surface area contributed by atoms with Crippen LogP contribution in [0.5, 0.6) is 17.2 Å². The fourth-order valence-corrected chi connectivity index (χ4v) is 1.53. The van der Waals surface area contributed by atoms with Crippen molar-refractivity contribution in [1.29, 1.82) is 0 Å². The van der Waals surface area contributed by atoms with Crippen molar-refractivity contribution in [2.24, 2.45) is 0 Å². The average molecular weight is 244 g/mol. The van der Waals surface area contributed by atoms with Gasteiger partial charge in [0.2, 0.25) is 0 Å². The quantitative estimate of drug-likeness (QED) is 0.793. The first-order valence-corrected chi connectivity index (χ1v) is 5.94. The molecule has 2 aromatic carbocycles. The molecule has 0 aliphatic rings. The number of para-hydroxylation sites is 1. The van der Waals surface area contributed by atoms with Gasteiger partial charge in [0.25, 0.3) is 0 Å². The van der Waals surface area contributed by atoms with Gasteiger partial charge in [-0.2, -0.15) is 0 Å². The highest BCUT2D eigenvalue weighted by molar-refractivity contribution is 5.31. The first kappa shape index (κ1) is 12.3. The number of benzene rings is 2. The van der Waals surface area contributed by atoms with Crippen LogP contribution < -0.4 is 9.47 Å². The van der Waals surface area contributed by atoms with Crippen molar-refractivity contribution < 1.29 is 14.6 Å². The van der Waals surface area contributed by atoms with E-state index in [9.17, 15) is 5.11 Å². The van der Waals surface area contributed by atoms with Crippen LogP contribution in [0.3, 0.4) is 0 Å². The maximum Gasteiger partial charge on any atom is 0.122 e. The normalized spacial score (nSPS) is 10.0. The SMILES string of the molecule is Oc1cccc(OCCCOc2ccccc2)c1. The number of hydrogen-bond acceptors (Lipinski definition) is 3. The molecule has 0 atom stereocenters. The van der Waals surface area contributed by atoms with Crippen molar-refractivity contribution in [1.82, 2.24) is 0 Å². The van der Waals surface area contributed by atoms with E-state index in [-0.39, 0.29) is 5.75 Å². The van der Waals surface area contributed by atoms with Crippen LogP contribution in [0.2, 0.25) is 0 Å². The van der Waals surface area contributed by atoms with Crippen LogP contribution in [0, 0.1) is 0 Å². The van der Waals surface area contributed by atoms with Gasteiger partial charge in [-0.1, -0.05) is 24.3 Å². The summed E-state index contributed by atoms with van der Waals surface area (Å²) in [5.41, 5.74) is 0. The van der Waals surface area contributed by atoms with Crippen LogP contribution in [-0.2, 0) is 0 Å². The highest BCUT2D eigenvalue weighted by Crippen LogP contribution is 2.17. The zero-order valence-electron chi connectivity index (χ0n) is 10.1. The minimum atomic E-state index is 0.216. The van der Waals surface area contributed by atoms with Gasteiger partial charge in [0.15, 0.2) is 0 Å². The molecule has 0 aromatic heterocycles. The van der Waals surface area contributed by atoms with Crippen molar-refractivity contribution in [3.05, 3.63) is 54.6 Å². The monoisotopic (exact) mass is 244 g/mol. The minimum Gasteiger partial charge on any atom is -0.508 e. The second-order valence-electron chi connectivity index (χ2n) is 3.86. The second-order valence-corrected chi connectivity index (χ2v) is 3.86. The predicted molar refractivity (Wildman–Crippen MR) is 70.2 cm³/mol. The molecule has 0 unspecified atom stereocenters. The lowest BCUT2D eigenvalue weighted by Crippen LogP contribution is -2.04. The summed E-state index contributed by atoms with van der Waals surface area (Å²) in [6.07, 6.45) is 0.796. The summed E-state index contributed by atoms with van der Waals surface area (Å²) in [6, 6.07) is 16.5. The lowest BCUT2D eigenvalue weighted by molar-refractivity contribution is 0.247. The van der Waals surface area contributed by atoms with E-state index in [2.05, 4.69) is 0 Å². The third-order valence-electron chi connectivity index (χ3n) is 2.39. The molecule has 0 aliphatic heterocycles. The van der Waals surface area contributed by atoms with Gasteiger partial charge in [0, 0.05) is 12.5 Å². The van der Waals surface area contributed by atoms with Crippen molar-refractivity contribution in [2.75, 3.05) is 13.2 Å². The average Bonchev–Trinajstić information content (AvgIpc) is 2.40. The van der Waals surface area contributed by atoms with Gasteiger partial charge in [0.1, 0.15) is 17.2 Å². The van der Waals surface area contributed by atoms with E-state index in [0.29, 0.717) is 19.0 Å². The van der Waals surface area contributed by atoms with Crippen LogP contribution >= 0.6 is 0 Å². The molecule has 0 aliphatic carbocycles. The van der Waals surface area contributed by atoms with Gasteiger partial charge in [-0.15, -0.1) is 0 Å². The Bertz CT molecular complexity index is 468. The molecule has 0 bridgehead atoms. The number of rotatable bonds is 6. The number of phenols is 1. The maximum absolute atomic E-state index is 9.26. The Hall–Kier alpha value is -2.16. The van der Waals surface area contributed by atoms with Gasteiger partial charge in [-0.05, 0) is 24.3 Å². The summed E-state index contributed by atoms with van der Waals surface area (Å²) in [4.78, 5) is 0. The number of aromatic hydroxyl groups is 1. The lowest BCUT2D eigenvalue weighted by Gasteiger charge is -2.08. The molecule has 3 heteroatoms. The van der Waals surface area contributed by atoms with Gasteiger partial charge in [-0.25, -0.2) is 0 Å². The van der Waals surface area contributed by atoms with E-state index in [1.807, 2.05) is 36.4 Å². The van der Waals surface area contributed by atoms with E-state index in [0.717, 1.165) is 12.2 Å². The smallest absolute Gasteiger partial charge is 0.122 e. The Labute approximate surface area is 107 Å². The highest BCUT2D eigenvalue weighted by Gasteiger charge is 1.96. The summed E-state index contributed by atoms with van der Waals surface area (Å²) in [5, 5.41) is 9.26. The van der Waals surface area contributed by atoms with Crippen LogP contribution in [0.4, 0.5) is 0 Å². The molecule has 2 aromatic rings. The van der Waals surface area contributed by atoms with Crippen molar-refractivity contribution >= 4 is 0 Å². The highest BCUT2D eigenvalue weighted by atomic mass is 16.5. The first-order chi connectivity index (χ1) is 8.84. The molecule has 0 spiro atoms. The van der Waals surface area contributed by atoms with E-state index in [4.69, 9.17) is 9.47 Å². The van der Waals surface area contributed by atoms with Gasteiger partial charge in [-0.3, -0.25) is 0 Å². The summed E-state index contributed by atoms with van der Waals surface area (Å²) in [7, 11) is 0. The zero-order chi connectivity index (χ0) is 12.6. The Balaban J connectivity index is 1.65. The van der Waals surface area contributed by atoms with Gasteiger partial charge in [0.05, 0.1) is 13.2 Å². The van der Waals surface area contributed by atoms with Crippen molar-refractivity contribution in [2.45, 2.75) is 6.42 Å². The number of ether oxygens (including phenoxy) is 2. The van der Waals surface area contributed by atoms with Crippen LogP contribution in [-0.4, -0.2) is 18.3 Å². The minimum absolute atomic E-state index is 0.216. The van der Waals surface area contributed by atoms with Crippen molar-refractivity contribution in [3.63, 3.8) is 0 Å². The first-order valence-electron chi connectivity index (χ1n) is 5.94. The van der Waals surface area contributed by atoms with E-state index >= 15 is 0 Å². The maximum atomic E-state index is 9.26. The van der Waals surface area contributed by atoms with Crippen LogP contribution in [0.15, 0.2) is 54.6 Å². The summed E-state index contributed by atoms with van der Waals surface area (Å²) < 4.78 is 11.0. The van der Waals surface area contributed by atoms with Gasteiger partial charge < -0.3 is 14.6 Å². The second kappa shape index (κ2) is 6.55. The van der Waals surface area contributed by atoms with Crippen LogP contribution in [0.25, 0.3) is 0 Å². The Morgan fingerprint density at radius 2 is 1.44 bits per heavy atom. The van der Waals surface area contributed by atoms with Crippen molar-refractivity contribution in [3.8, 4) is 17.2 Å². The van der Waals surface area contributed by atoms with Crippen LogP contribution in [0.1, 0.15) is 6.42 Å². The molecule has 0 saturated carbocycles. The van der Waals surface area contributed by atoms with Gasteiger partial charge >= 0.3 is 0 Å². The Kier molecular flexibility index (Phi) is 4.47. The molecule has 18 heavy (non-hydrogen) atoms. The molecule has 1 N–H and O–H groups in total. The fourth-order valence-electron chi connectivity index (χ4n) is 1.53. The Morgan fingerprint density at radius 1 is 0.778 bits per heavy atom. The molecule has 0 fully saturated rings.